The fourth-order valence-corrected chi connectivity index (χ4v) is 3.00. The number of piperazine rings is 1. The Kier molecular flexibility index (Phi) is 4.30. The number of aromatic nitrogens is 2. The van der Waals surface area contributed by atoms with Crippen molar-refractivity contribution in [2.24, 2.45) is 0 Å². The molecule has 1 N–H and O–H groups in total. The molecule has 1 aromatic heterocycles. The van der Waals surface area contributed by atoms with Crippen LogP contribution in [0, 0.1) is 6.92 Å². The third-order valence-electron chi connectivity index (χ3n) is 3.46. The van der Waals surface area contributed by atoms with Gasteiger partial charge in [-0.1, -0.05) is 11.6 Å². The largest absolute Gasteiger partial charge is 0.309 e. The summed E-state index contributed by atoms with van der Waals surface area (Å²) in [6.45, 7) is 12.4. The molecule has 1 fully saturated rings. The van der Waals surface area contributed by atoms with Crippen LogP contribution in [0.25, 0.3) is 0 Å². The van der Waals surface area contributed by atoms with Crippen molar-refractivity contribution in [3.63, 3.8) is 0 Å². The number of halogens is 1. The molecule has 102 valence electrons. The second-order valence-electron chi connectivity index (χ2n) is 5.32. The third-order valence-corrected chi connectivity index (χ3v) is 3.95. The summed E-state index contributed by atoms with van der Waals surface area (Å²) in [5.74, 6) is 0. The molecule has 1 aliphatic rings. The van der Waals surface area contributed by atoms with E-state index in [0.29, 0.717) is 12.1 Å². The van der Waals surface area contributed by atoms with Crippen LogP contribution >= 0.6 is 11.6 Å². The Morgan fingerprint density at radius 3 is 2.50 bits per heavy atom. The number of aryl methyl sites for hydroxylation is 2. The van der Waals surface area contributed by atoms with Gasteiger partial charge in [-0.05, 0) is 27.7 Å². The fraction of sp³-hybridized carbons (Fsp3) is 0.769. The van der Waals surface area contributed by atoms with Gasteiger partial charge in [-0.25, -0.2) is 0 Å². The van der Waals surface area contributed by atoms with Gasteiger partial charge in [0.1, 0.15) is 0 Å². The van der Waals surface area contributed by atoms with Crippen molar-refractivity contribution in [3.8, 4) is 0 Å². The van der Waals surface area contributed by atoms with Crippen molar-refractivity contribution < 1.29 is 0 Å². The van der Waals surface area contributed by atoms with Gasteiger partial charge in [0.15, 0.2) is 0 Å². The lowest BCUT2D eigenvalue weighted by Crippen LogP contribution is -2.53. The van der Waals surface area contributed by atoms with Crippen LogP contribution in [-0.2, 0) is 13.1 Å². The maximum absolute atomic E-state index is 6.36. The van der Waals surface area contributed by atoms with Crippen molar-refractivity contribution in [2.75, 3.05) is 13.1 Å². The first-order valence-corrected chi connectivity index (χ1v) is 7.09. The maximum atomic E-state index is 6.36. The van der Waals surface area contributed by atoms with Gasteiger partial charge >= 0.3 is 0 Å². The second kappa shape index (κ2) is 5.59. The summed E-state index contributed by atoms with van der Waals surface area (Å²) in [7, 11) is 0. The molecule has 1 aliphatic heterocycles. The molecule has 2 heterocycles. The monoisotopic (exact) mass is 270 g/mol. The average Bonchev–Trinajstić information content (AvgIpc) is 2.55. The highest BCUT2D eigenvalue weighted by atomic mass is 35.5. The second-order valence-corrected chi connectivity index (χ2v) is 5.70. The predicted octanol–water partition coefficient (Wildman–Crippen LogP) is 2.05. The molecule has 0 amide bonds. The highest BCUT2D eigenvalue weighted by molar-refractivity contribution is 6.31. The lowest BCUT2D eigenvalue weighted by Gasteiger charge is -2.36. The standard InChI is InChI=1S/C13H23ClN4/c1-5-18-12(13(14)11(4)16-18)8-17-6-9(2)15-10(3)7-17/h9-10,15H,5-8H2,1-4H3. The van der Waals surface area contributed by atoms with E-state index in [0.717, 1.165) is 42.6 Å². The van der Waals surface area contributed by atoms with E-state index in [1.54, 1.807) is 0 Å². The van der Waals surface area contributed by atoms with Crippen molar-refractivity contribution in [1.29, 1.82) is 0 Å². The van der Waals surface area contributed by atoms with Crippen molar-refractivity contribution in [3.05, 3.63) is 16.4 Å². The molecule has 1 saturated heterocycles. The Bertz CT molecular complexity index is 405. The molecule has 4 nitrogen and oxygen atoms in total. The third kappa shape index (κ3) is 2.87. The Morgan fingerprint density at radius 2 is 1.94 bits per heavy atom. The molecule has 18 heavy (non-hydrogen) atoms. The zero-order chi connectivity index (χ0) is 13.3. The maximum Gasteiger partial charge on any atom is 0.0860 e. The summed E-state index contributed by atoms with van der Waals surface area (Å²) < 4.78 is 2.02. The van der Waals surface area contributed by atoms with Crippen molar-refractivity contribution >= 4 is 11.6 Å². The summed E-state index contributed by atoms with van der Waals surface area (Å²) in [5, 5.41) is 8.85. The van der Waals surface area contributed by atoms with Crippen LogP contribution < -0.4 is 5.32 Å². The molecule has 0 spiro atoms. The van der Waals surface area contributed by atoms with Gasteiger partial charge < -0.3 is 5.32 Å². The van der Waals surface area contributed by atoms with Gasteiger partial charge in [-0.15, -0.1) is 0 Å². The van der Waals surface area contributed by atoms with Gasteiger partial charge in [0.2, 0.25) is 0 Å². The molecule has 2 rings (SSSR count). The first kappa shape index (κ1) is 13.8. The molecule has 0 bridgehead atoms. The minimum Gasteiger partial charge on any atom is -0.309 e. The molecular weight excluding hydrogens is 248 g/mol. The summed E-state index contributed by atoms with van der Waals surface area (Å²) in [5.41, 5.74) is 2.09. The highest BCUT2D eigenvalue weighted by Crippen LogP contribution is 2.22. The van der Waals surface area contributed by atoms with Gasteiger partial charge in [0.25, 0.3) is 0 Å². The lowest BCUT2D eigenvalue weighted by atomic mass is 10.1. The molecular formula is C13H23ClN4. The van der Waals surface area contributed by atoms with Crippen LogP contribution in [-0.4, -0.2) is 39.9 Å². The smallest absolute Gasteiger partial charge is 0.0860 e. The SMILES string of the molecule is CCn1nc(C)c(Cl)c1CN1CC(C)NC(C)C1. The minimum absolute atomic E-state index is 0.534. The molecule has 0 radical (unpaired) electrons. The summed E-state index contributed by atoms with van der Waals surface area (Å²) >= 11 is 6.36. The van der Waals surface area contributed by atoms with E-state index < -0.39 is 0 Å². The Hall–Kier alpha value is -0.580. The van der Waals surface area contributed by atoms with E-state index in [1.807, 2.05) is 11.6 Å². The number of nitrogens with one attached hydrogen (secondary N) is 1. The highest BCUT2D eigenvalue weighted by Gasteiger charge is 2.23. The normalized spacial score (nSPS) is 25.6. The van der Waals surface area contributed by atoms with Crippen molar-refractivity contribution in [2.45, 2.75) is 52.9 Å². The van der Waals surface area contributed by atoms with Crippen LogP contribution in [0.5, 0.6) is 0 Å². The van der Waals surface area contributed by atoms with E-state index in [2.05, 4.69) is 36.1 Å². The van der Waals surface area contributed by atoms with E-state index in [9.17, 15) is 0 Å². The average molecular weight is 271 g/mol. The Balaban J connectivity index is 2.13. The van der Waals surface area contributed by atoms with Crippen LogP contribution in [0.15, 0.2) is 0 Å². The van der Waals surface area contributed by atoms with E-state index in [1.165, 1.54) is 0 Å². The molecule has 0 aromatic carbocycles. The topological polar surface area (TPSA) is 33.1 Å². The van der Waals surface area contributed by atoms with E-state index in [4.69, 9.17) is 11.6 Å². The van der Waals surface area contributed by atoms with Crippen molar-refractivity contribution in [1.82, 2.24) is 20.0 Å². The zero-order valence-electron chi connectivity index (χ0n) is 11.7. The molecule has 5 heteroatoms. The van der Waals surface area contributed by atoms with Gasteiger partial charge in [-0.2, -0.15) is 5.10 Å². The molecule has 0 saturated carbocycles. The zero-order valence-corrected chi connectivity index (χ0v) is 12.5. The van der Waals surface area contributed by atoms with E-state index in [-0.39, 0.29) is 0 Å². The summed E-state index contributed by atoms with van der Waals surface area (Å²) in [6.07, 6.45) is 0. The summed E-state index contributed by atoms with van der Waals surface area (Å²) in [4.78, 5) is 2.46. The van der Waals surface area contributed by atoms with Gasteiger partial charge in [-0.3, -0.25) is 9.58 Å². The first-order chi connectivity index (χ1) is 8.51. The van der Waals surface area contributed by atoms with Crippen LogP contribution in [0.2, 0.25) is 5.02 Å². The van der Waals surface area contributed by atoms with E-state index >= 15 is 0 Å². The predicted molar refractivity (Wildman–Crippen MR) is 75.0 cm³/mol. The number of rotatable bonds is 3. The molecule has 0 aliphatic carbocycles. The Labute approximate surface area is 114 Å². The fourth-order valence-electron chi connectivity index (χ4n) is 2.80. The minimum atomic E-state index is 0.534. The first-order valence-electron chi connectivity index (χ1n) is 6.71. The van der Waals surface area contributed by atoms with Crippen LogP contribution in [0.3, 0.4) is 0 Å². The molecule has 2 atom stereocenters. The van der Waals surface area contributed by atoms with Crippen LogP contribution in [0.4, 0.5) is 0 Å². The van der Waals surface area contributed by atoms with Gasteiger partial charge in [0, 0.05) is 38.3 Å². The van der Waals surface area contributed by atoms with Crippen LogP contribution in [0.1, 0.15) is 32.2 Å². The molecule has 1 aromatic rings. The summed E-state index contributed by atoms with van der Waals surface area (Å²) in [6, 6.07) is 1.07. The number of hydrogen-bond acceptors (Lipinski definition) is 3. The Morgan fingerprint density at radius 1 is 1.33 bits per heavy atom. The van der Waals surface area contributed by atoms with Gasteiger partial charge in [0.05, 0.1) is 16.4 Å². The molecule has 2 unspecified atom stereocenters. The quantitative estimate of drug-likeness (QED) is 0.913. The lowest BCUT2D eigenvalue weighted by molar-refractivity contribution is 0.163. The number of hydrogen-bond donors (Lipinski definition) is 1. The number of nitrogens with zero attached hydrogens (tertiary/aromatic N) is 3.